The third-order valence-electron chi connectivity index (χ3n) is 2.13. The van der Waals surface area contributed by atoms with E-state index in [1.54, 1.807) is 0 Å². The van der Waals surface area contributed by atoms with Gasteiger partial charge in [-0.2, -0.15) is 4.98 Å². The molecule has 0 bridgehead atoms. The molecule has 0 aliphatic rings. The zero-order valence-corrected chi connectivity index (χ0v) is 9.68. The van der Waals surface area contributed by atoms with Crippen LogP contribution in [0, 0.1) is 0 Å². The molecule has 0 saturated carbocycles. The molecule has 100 valence electrons. The van der Waals surface area contributed by atoms with E-state index in [4.69, 9.17) is 9.63 Å². The van der Waals surface area contributed by atoms with Crippen LogP contribution in [-0.2, 0) is 17.8 Å². The Labute approximate surface area is 106 Å². The normalized spacial score (nSPS) is 10.3. The van der Waals surface area contributed by atoms with E-state index in [9.17, 15) is 9.59 Å². The van der Waals surface area contributed by atoms with Crippen LogP contribution >= 0.6 is 0 Å². The van der Waals surface area contributed by atoms with Gasteiger partial charge in [-0.05, 0) is 0 Å². The van der Waals surface area contributed by atoms with Gasteiger partial charge in [-0.3, -0.25) is 4.79 Å². The molecular formula is C9H10N6O4. The van der Waals surface area contributed by atoms with Crippen LogP contribution in [0.25, 0.3) is 0 Å². The molecule has 0 fully saturated rings. The maximum Gasteiger partial charge on any atom is 0.358 e. The third-order valence-corrected chi connectivity index (χ3v) is 2.13. The zero-order chi connectivity index (χ0) is 13.7. The van der Waals surface area contributed by atoms with E-state index in [-0.39, 0.29) is 18.1 Å². The molecule has 2 aromatic rings. The van der Waals surface area contributed by atoms with E-state index in [0.29, 0.717) is 18.9 Å². The standard InChI is InChI=1S/C9H10N6O4/c16-7(10-2-1-8-11-5-12-19-8)4-15-3-6(9(17)18)13-14-15/h3,5H,1-2,4H2,(H,10,16)(H,17,18). The first-order valence-corrected chi connectivity index (χ1v) is 5.31. The summed E-state index contributed by atoms with van der Waals surface area (Å²) in [7, 11) is 0. The van der Waals surface area contributed by atoms with Crippen molar-refractivity contribution >= 4 is 11.9 Å². The van der Waals surface area contributed by atoms with Crippen molar-refractivity contribution in [1.29, 1.82) is 0 Å². The van der Waals surface area contributed by atoms with Crippen LogP contribution < -0.4 is 5.32 Å². The van der Waals surface area contributed by atoms with Crippen molar-refractivity contribution < 1.29 is 19.2 Å². The zero-order valence-electron chi connectivity index (χ0n) is 9.68. The van der Waals surface area contributed by atoms with E-state index in [1.807, 2.05) is 0 Å². The molecule has 2 N–H and O–H groups in total. The minimum Gasteiger partial charge on any atom is -0.476 e. The highest BCUT2D eigenvalue weighted by Gasteiger charge is 2.10. The number of aromatic carboxylic acids is 1. The maximum absolute atomic E-state index is 11.5. The lowest BCUT2D eigenvalue weighted by Gasteiger charge is -2.02. The van der Waals surface area contributed by atoms with Crippen molar-refractivity contribution in [2.75, 3.05) is 6.54 Å². The highest BCUT2D eigenvalue weighted by molar-refractivity contribution is 5.84. The number of nitrogens with one attached hydrogen (secondary N) is 1. The lowest BCUT2D eigenvalue weighted by atomic mass is 10.4. The minimum absolute atomic E-state index is 0.107. The largest absolute Gasteiger partial charge is 0.476 e. The monoisotopic (exact) mass is 266 g/mol. The average Bonchev–Trinajstić information content (AvgIpc) is 3.00. The Bertz CT molecular complexity index is 563. The number of amides is 1. The molecule has 2 rings (SSSR count). The van der Waals surface area contributed by atoms with Gasteiger partial charge in [0.05, 0.1) is 6.20 Å². The SMILES string of the molecule is O=C(Cn1cc(C(=O)O)nn1)NCCc1ncno1. The van der Waals surface area contributed by atoms with Gasteiger partial charge in [0.1, 0.15) is 6.54 Å². The second kappa shape index (κ2) is 5.71. The van der Waals surface area contributed by atoms with Crippen LogP contribution in [0.15, 0.2) is 17.0 Å². The van der Waals surface area contributed by atoms with Gasteiger partial charge in [0.25, 0.3) is 0 Å². The minimum atomic E-state index is -1.19. The molecule has 2 aromatic heterocycles. The summed E-state index contributed by atoms with van der Waals surface area (Å²) in [5.74, 6) is -1.08. The first-order valence-electron chi connectivity index (χ1n) is 5.31. The molecule has 1 amide bonds. The van der Waals surface area contributed by atoms with Crippen LogP contribution in [0.2, 0.25) is 0 Å². The lowest BCUT2D eigenvalue weighted by molar-refractivity contribution is -0.121. The Morgan fingerprint density at radius 2 is 2.32 bits per heavy atom. The van der Waals surface area contributed by atoms with E-state index >= 15 is 0 Å². The molecule has 0 unspecified atom stereocenters. The maximum atomic E-state index is 11.5. The molecule has 0 aliphatic heterocycles. The molecule has 0 saturated heterocycles. The smallest absolute Gasteiger partial charge is 0.358 e. The van der Waals surface area contributed by atoms with E-state index in [2.05, 4.69) is 25.8 Å². The topological polar surface area (TPSA) is 136 Å². The number of hydrogen-bond acceptors (Lipinski definition) is 7. The summed E-state index contributed by atoms with van der Waals surface area (Å²) in [6.07, 6.45) is 2.88. The molecule has 10 nitrogen and oxygen atoms in total. The van der Waals surface area contributed by atoms with Gasteiger partial charge in [-0.15, -0.1) is 5.10 Å². The summed E-state index contributed by atoms with van der Waals surface area (Å²) >= 11 is 0. The first kappa shape index (κ1) is 12.7. The van der Waals surface area contributed by atoms with Gasteiger partial charge in [-0.1, -0.05) is 10.4 Å². The molecule has 0 radical (unpaired) electrons. The number of rotatable bonds is 6. The average molecular weight is 266 g/mol. The third kappa shape index (κ3) is 3.59. The summed E-state index contributed by atoms with van der Waals surface area (Å²) in [5, 5.41) is 21.6. The molecule has 0 atom stereocenters. The molecule has 19 heavy (non-hydrogen) atoms. The Morgan fingerprint density at radius 3 is 2.95 bits per heavy atom. The van der Waals surface area contributed by atoms with E-state index in [1.165, 1.54) is 12.5 Å². The number of carbonyl (C=O) groups excluding carboxylic acids is 1. The van der Waals surface area contributed by atoms with Crippen LogP contribution in [-0.4, -0.2) is 48.7 Å². The summed E-state index contributed by atoms with van der Waals surface area (Å²) in [6, 6.07) is 0. The molecule has 0 aromatic carbocycles. The van der Waals surface area contributed by atoms with Gasteiger partial charge < -0.3 is 14.9 Å². The lowest BCUT2D eigenvalue weighted by Crippen LogP contribution is -2.29. The van der Waals surface area contributed by atoms with Crippen molar-refractivity contribution in [2.45, 2.75) is 13.0 Å². The van der Waals surface area contributed by atoms with Gasteiger partial charge in [0, 0.05) is 13.0 Å². The summed E-state index contributed by atoms with van der Waals surface area (Å²) in [5.41, 5.74) is -0.210. The molecule has 2 heterocycles. The van der Waals surface area contributed by atoms with Crippen LogP contribution in [0.3, 0.4) is 0 Å². The number of aromatic nitrogens is 5. The van der Waals surface area contributed by atoms with Gasteiger partial charge >= 0.3 is 5.97 Å². The predicted molar refractivity (Wildman–Crippen MR) is 58.0 cm³/mol. The molecule has 0 spiro atoms. The number of hydrogen-bond donors (Lipinski definition) is 2. The van der Waals surface area contributed by atoms with Gasteiger partial charge in [0.15, 0.2) is 12.0 Å². The molecule has 0 aliphatic carbocycles. The Hall–Kier alpha value is -2.78. The fraction of sp³-hybridized carbons (Fsp3) is 0.333. The highest BCUT2D eigenvalue weighted by Crippen LogP contribution is 1.93. The quantitative estimate of drug-likeness (QED) is 0.659. The van der Waals surface area contributed by atoms with Gasteiger partial charge in [0.2, 0.25) is 11.8 Å². The van der Waals surface area contributed by atoms with E-state index < -0.39 is 5.97 Å². The first-order chi connectivity index (χ1) is 9.15. The van der Waals surface area contributed by atoms with Gasteiger partial charge in [-0.25, -0.2) is 9.48 Å². The van der Waals surface area contributed by atoms with Crippen LogP contribution in [0.5, 0.6) is 0 Å². The van der Waals surface area contributed by atoms with E-state index in [0.717, 1.165) is 4.68 Å². The Morgan fingerprint density at radius 1 is 1.47 bits per heavy atom. The second-order valence-corrected chi connectivity index (χ2v) is 3.54. The Kier molecular flexibility index (Phi) is 3.81. The number of carboxylic acids is 1. The molecule has 10 heteroatoms. The fourth-order valence-corrected chi connectivity index (χ4v) is 1.29. The number of carbonyl (C=O) groups is 2. The number of nitrogens with zero attached hydrogens (tertiary/aromatic N) is 5. The van der Waals surface area contributed by atoms with Crippen LogP contribution in [0.1, 0.15) is 16.4 Å². The second-order valence-electron chi connectivity index (χ2n) is 3.54. The highest BCUT2D eigenvalue weighted by atomic mass is 16.5. The van der Waals surface area contributed by atoms with Crippen molar-refractivity contribution in [3.63, 3.8) is 0 Å². The van der Waals surface area contributed by atoms with Crippen LogP contribution in [0.4, 0.5) is 0 Å². The number of carboxylic acid groups (broad SMARTS) is 1. The Balaban J connectivity index is 1.75. The van der Waals surface area contributed by atoms with Crippen molar-refractivity contribution in [1.82, 2.24) is 30.5 Å². The summed E-state index contributed by atoms with van der Waals surface area (Å²) in [4.78, 5) is 25.9. The van der Waals surface area contributed by atoms with Crippen molar-refractivity contribution in [2.24, 2.45) is 0 Å². The van der Waals surface area contributed by atoms with Crippen molar-refractivity contribution in [3.8, 4) is 0 Å². The predicted octanol–water partition coefficient (Wildman–Crippen LogP) is -1.28. The summed E-state index contributed by atoms with van der Waals surface area (Å²) in [6.45, 7) is 0.228. The fourth-order valence-electron chi connectivity index (χ4n) is 1.29. The van der Waals surface area contributed by atoms with Crippen molar-refractivity contribution in [3.05, 3.63) is 24.1 Å². The molecular weight excluding hydrogens is 256 g/mol. The summed E-state index contributed by atoms with van der Waals surface area (Å²) < 4.78 is 5.90.